The van der Waals surface area contributed by atoms with Gasteiger partial charge in [-0.15, -0.1) is 12.6 Å². The fourth-order valence-electron chi connectivity index (χ4n) is 1.44. The van der Waals surface area contributed by atoms with E-state index in [4.69, 9.17) is 4.84 Å². The van der Waals surface area contributed by atoms with Gasteiger partial charge in [0, 0.05) is 12.0 Å². The summed E-state index contributed by atoms with van der Waals surface area (Å²) in [5.41, 5.74) is 3.64. The normalized spacial score (nSPS) is 13.0. The molecule has 19 heavy (non-hydrogen) atoms. The molecule has 0 unspecified atom stereocenters. The lowest BCUT2D eigenvalue weighted by Gasteiger charge is -2.12. The molecule has 108 valence electrons. The average Bonchev–Trinajstić information content (AvgIpc) is 2.40. The monoisotopic (exact) mass is 289 g/mol. The maximum absolute atomic E-state index is 12.8. The van der Waals surface area contributed by atoms with E-state index >= 15 is 0 Å². The smallest absolute Gasteiger partial charge is 0.243 e. The zero-order valence-corrected chi connectivity index (χ0v) is 12.4. The highest BCUT2D eigenvalue weighted by molar-refractivity contribution is 7.97. The molecule has 1 N–H and O–H groups in total. The lowest BCUT2D eigenvalue weighted by Crippen LogP contribution is -2.23. The van der Waals surface area contributed by atoms with Gasteiger partial charge in [0.1, 0.15) is 6.67 Å². The number of hydrogen-bond donors (Lipinski definition) is 2. The lowest BCUT2D eigenvalue weighted by atomic mass is 9.99. The van der Waals surface area contributed by atoms with Crippen molar-refractivity contribution in [2.75, 3.05) is 13.3 Å². The second-order valence-electron chi connectivity index (χ2n) is 3.88. The summed E-state index contributed by atoms with van der Waals surface area (Å²) in [7, 11) is 0. The van der Waals surface area contributed by atoms with Crippen molar-refractivity contribution in [3.05, 3.63) is 22.8 Å². The number of hydroxylamine groups is 1. The minimum Gasteiger partial charge on any atom is -0.282 e. The Morgan fingerprint density at radius 3 is 2.47 bits per heavy atom. The molecule has 0 aliphatic carbocycles. The number of rotatable bonds is 8. The molecule has 0 heterocycles. The molecule has 0 aliphatic heterocycles. The summed E-state index contributed by atoms with van der Waals surface area (Å²) < 4.78 is 12.8. The molecule has 0 saturated heterocycles. The predicted molar refractivity (Wildman–Crippen MR) is 75.4 cm³/mol. The maximum Gasteiger partial charge on any atom is 0.243 e. The third kappa shape index (κ3) is 6.54. The van der Waals surface area contributed by atoms with Gasteiger partial charge in [-0.1, -0.05) is 13.0 Å². The fraction of sp³-hybridized carbons (Fsp3) is 0.538. The number of halogens is 1. The van der Waals surface area contributed by atoms with Crippen LogP contribution in [0.25, 0.3) is 0 Å². The van der Waals surface area contributed by atoms with Crippen molar-refractivity contribution in [2.24, 2.45) is 0 Å². The Kier molecular flexibility index (Phi) is 9.16. The number of hydrogen-bond acceptors (Lipinski definition) is 3. The molecule has 0 bridgehead atoms. The van der Waals surface area contributed by atoms with Gasteiger partial charge in [0.05, 0.1) is 6.61 Å². The van der Waals surface area contributed by atoms with E-state index in [1.165, 1.54) is 0 Å². The van der Waals surface area contributed by atoms with Crippen LogP contribution in [0.15, 0.2) is 22.8 Å². The average molecular weight is 289 g/mol. The molecule has 0 aliphatic rings. The highest BCUT2D eigenvalue weighted by Gasteiger charge is 2.13. The molecule has 0 aromatic rings. The van der Waals surface area contributed by atoms with Crippen LogP contribution in [0.2, 0.25) is 0 Å². The van der Waals surface area contributed by atoms with E-state index in [0.717, 1.165) is 0 Å². The largest absolute Gasteiger partial charge is 0.282 e. The molecule has 0 spiro atoms. The van der Waals surface area contributed by atoms with Gasteiger partial charge in [-0.05, 0) is 31.4 Å². The Labute approximate surface area is 118 Å². The van der Waals surface area contributed by atoms with Gasteiger partial charge in [-0.2, -0.15) is 0 Å². The molecule has 0 aromatic carbocycles. The molecular weight excluding hydrogens is 269 g/mol. The Morgan fingerprint density at radius 1 is 1.42 bits per heavy atom. The number of thiol groups is 1. The number of carbonyl (C=O) groups is 2. The summed E-state index contributed by atoms with van der Waals surface area (Å²) in [5.74, 6) is -0.232. The van der Waals surface area contributed by atoms with Crippen LogP contribution in [0.5, 0.6) is 0 Å². The SMILES string of the molecule is C/C=C(C(=O)S)\C(CCONC(=O)CC)=C(/C)CF. The molecule has 1 amide bonds. The Balaban J connectivity index is 4.66. The van der Waals surface area contributed by atoms with E-state index in [1.807, 2.05) is 0 Å². The van der Waals surface area contributed by atoms with E-state index in [9.17, 15) is 14.0 Å². The van der Waals surface area contributed by atoms with E-state index in [-0.39, 0.29) is 12.5 Å². The van der Waals surface area contributed by atoms with Gasteiger partial charge >= 0.3 is 0 Å². The van der Waals surface area contributed by atoms with E-state index < -0.39 is 11.8 Å². The number of allylic oxidation sites excluding steroid dienone is 2. The second kappa shape index (κ2) is 9.75. The number of nitrogens with one attached hydrogen (secondary N) is 1. The summed E-state index contributed by atoms with van der Waals surface area (Å²) >= 11 is 3.76. The van der Waals surface area contributed by atoms with Crippen molar-refractivity contribution in [1.82, 2.24) is 5.48 Å². The first kappa shape index (κ1) is 17.9. The molecule has 0 atom stereocenters. The van der Waals surface area contributed by atoms with Crippen molar-refractivity contribution < 1.29 is 18.8 Å². The van der Waals surface area contributed by atoms with Gasteiger partial charge in [0.25, 0.3) is 0 Å². The highest BCUT2D eigenvalue weighted by atomic mass is 32.1. The standard InChI is InChI=1S/C13H20FNO3S/c1-4-10(13(17)19)11(9(3)8-14)6-7-18-15-12(16)5-2/h4H,5-8H2,1-3H3,(H,15,16)(H,17,19)/b10-4+,11-9+. The van der Waals surface area contributed by atoms with Crippen LogP contribution in [0.1, 0.15) is 33.6 Å². The van der Waals surface area contributed by atoms with Crippen molar-refractivity contribution in [2.45, 2.75) is 33.6 Å². The second-order valence-corrected chi connectivity index (χ2v) is 4.28. The fourth-order valence-corrected chi connectivity index (χ4v) is 1.71. The van der Waals surface area contributed by atoms with Crippen LogP contribution in [0.3, 0.4) is 0 Å². The van der Waals surface area contributed by atoms with Gasteiger partial charge < -0.3 is 0 Å². The maximum atomic E-state index is 12.8. The Bertz CT molecular complexity index is 391. The first-order chi connectivity index (χ1) is 8.97. The van der Waals surface area contributed by atoms with Crippen molar-refractivity contribution in [1.29, 1.82) is 0 Å². The van der Waals surface area contributed by atoms with Crippen molar-refractivity contribution >= 4 is 23.7 Å². The summed E-state index contributed by atoms with van der Waals surface area (Å²) in [6.07, 6.45) is 2.24. The summed E-state index contributed by atoms with van der Waals surface area (Å²) in [6, 6.07) is 0. The van der Waals surface area contributed by atoms with Crippen molar-refractivity contribution in [3.63, 3.8) is 0 Å². The van der Waals surface area contributed by atoms with E-state index in [0.29, 0.717) is 29.6 Å². The van der Waals surface area contributed by atoms with E-state index in [1.54, 1.807) is 26.8 Å². The van der Waals surface area contributed by atoms with Crippen LogP contribution < -0.4 is 5.48 Å². The number of amides is 1. The zero-order chi connectivity index (χ0) is 14.8. The van der Waals surface area contributed by atoms with Gasteiger partial charge in [-0.3, -0.25) is 14.4 Å². The van der Waals surface area contributed by atoms with Crippen LogP contribution >= 0.6 is 12.6 Å². The molecule has 6 heteroatoms. The molecule has 4 nitrogen and oxygen atoms in total. The van der Waals surface area contributed by atoms with Gasteiger partial charge in [-0.25, -0.2) is 9.87 Å². The van der Waals surface area contributed by atoms with Crippen LogP contribution in [0, 0.1) is 0 Å². The predicted octanol–water partition coefficient (Wildman–Crippen LogP) is 2.52. The summed E-state index contributed by atoms with van der Waals surface area (Å²) in [4.78, 5) is 27.3. The molecule has 0 rings (SSSR count). The topological polar surface area (TPSA) is 55.4 Å². The number of carbonyl (C=O) groups excluding carboxylic acids is 2. The molecular formula is C13H20FNO3S. The van der Waals surface area contributed by atoms with Crippen LogP contribution in [0.4, 0.5) is 4.39 Å². The van der Waals surface area contributed by atoms with Gasteiger partial charge in [0.2, 0.25) is 11.0 Å². The third-order valence-electron chi connectivity index (χ3n) is 2.52. The minimum absolute atomic E-state index is 0.164. The molecule has 0 radical (unpaired) electrons. The molecule has 0 aromatic heterocycles. The van der Waals surface area contributed by atoms with E-state index in [2.05, 4.69) is 18.1 Å². The Hall–Kier alpha value is -1.14. The first-order valence-electron chi connectivity index (χ1n) is 6.03. The van der Waals surface area contributed by atoms with Crippen LogP contribution in [-0.4, -0.2) is 24.3 Å². The first-order valence-corrected chi connectivity index (χ1v) is 6.47. The molecule has 0 saturated carbocycles. The quantitative estimate of drug-likeness (QED) is 0.237. The lowest BCUT2D eigenvalue weighted by molar-refractivity contribution is -0.133. The Morgan fingerprint density at radius 2 is 2.05 bits per heavy atom. The van der Waals surface area contributed by atoms with Crippen LogP contribution in [-0.2, 0) is 14.4 Å². The minimum atomic E-state index is -0.644. The highest BCUT2D eigenvalue weighted by Crippen LogP contribution is 2.21. The van der Waals surface area contributed by atoms with Gasteiger partial charge in [0.15, 0.2) is 0 Å². The third-order valence-corrected chi connectivity index (χ3v) is 2.76. The van der Waals surface area contributed by atoms with Crippen molar-refractivity contribution in [3.8, 4) is 0 Å². The zero-order valence-electron chi connectivity index (χ0n) is 11.5. The molecule has 0 fully saturated rings. The summed E-state index contributed by atoms with van der Waals surface area (Å²) in [5, 5.41) is -0.414. The summed E-state index contributed by atoms with van der Waals surface area (Å²) in [6.45, 7) is 4.52. The number of alkyl halides is 1.